The summed E-state index contributed by atoms with van der Waals surface area (Å²) in [7, 11) is -3.84. The minimum atomic E-state index is -3.84. The summed E-state index contributed by atoms with van der Waals surface area (Å²) in [4.78, 5) is 12.5. The van der Waals surface area contributed by atoms with E-state index >= 15 is 4.39 Å². The van der Waals surface area contributed by atoms with Crippen molar-refractivity contribution in [2.24, 2.45) is 0 Å². The zero-order valence-corrected chi connectivity index (χ0v) is 23.0. The Morgan fingerprint density at radius 1 is 1.28 bits per heavy atom. The Hall–Kier alpha value is -3.03. The largest absolute Gasteiger partial charge is 0.465 e. The predicted octanol–water partition coefficient (Wildman–Crippen LogP) is 4.21. The van der Waals surface area contributed by atoms with Crippen molar-refractivity contribution in [2.75, 3.05) is 19.8 Å². The number of nitrogens with zero attached hydrogens (tertiary/aromatic N) is 1. The van der Waals surface area contributed by atoms with Crippen LogP contribution in [-0.4, -0.2) is 50.6 Å². The molecule has 0 radical (unpaired) electrons. The smallest absolute Gasteiger partial charge is 0.327 e. The van der Waals surface area contributed by atoms with Crippen molar-refractivity contribution in [2.45, 2.75) is 62.0 Å². The average Bonchev–Trinajstić information content (AvgIpc) is 2.94. The van der Waals surface area contributed by atoms with Crippen molar-refractivity contribution in [1.82, 2.24) is 9.62 Å². The summed E-state index contributed by atoms with van der Waals surface area (Å²) in [5.41, 5.74) is 0.810. The number of halogens is 1. The van der Waals surface area contributed by atoms with Crippen molar-refractivity contribution >= 4 is 16.0 Å². The van der Waals surface area contributed by atoms with Gasteiger partial charge in [0.05, 0.1) is 12.6 Å². The minimum absolute atomic E-state index is 0.172. The van der Waals surface area contributed by atoms with E-state index in [-0.39, 0.29) is 18.7 Å². The van der Waals surface area contributed by atoms with Crippen LogP contribution in [0.25, 0.3) is 0 Å². The normalized spacial score (nSPS) is 23.3. The number of terminal acetylenes is 1. The molecule has 2 fully saturated rings. The van der Waals surface area contributed by atoms with Gasteiger partial charge < -0.3 is 9.47 Å². The molecule has 9 heteroatoms. The molecule has 2 aromatic carbocycles. The van der Waals surface area contributed by atoms with Gasteiger partial charge in [-0.15, -0.1) is 13.0 Å². The van der Waals surface area contributed by atoms with Gasteiger partial charge in [-0.05, 0) is 49.8 Å². The molecule has 0 amide bonds. The molecular formula is C30H35FN2O5S. The predicted molar refractivity (Wildman–Crippen MR) is 147 cm³/mol. The van der Waals surface area contributed by atoms with Gasteiger partial charge in [0, 0.05) is 30.9 Å². The molecule has 2 aromatic rings. The lowest BCUT2D eigenvalue weighted by molar-refractivity contribution is -0.145. The fourth-order valence-corrected chi connectivity index (χ4v) is 7.54. The van der Waals surface area contributed by atoms with Crippen molar-refractivity contribution in [3.63, 3.8) is 0 Å². The number of nitrogens with one attached hydrogen (secondary N) is 1. The Labute approximate surface area is 230 Å². The SMILES string of the molecule is C#C[C@H]1CC[C@H](c2ccccc2)S(=O)(=O)N1Cc1ccc(C2(N[C@@H](C=C)C(=O)OCC)CCOCC2)cc1F. The van der Waals surface area contributed by atoms with Crippen molar-refractivity contribution in [1.29, 1.82) is 0 Å². The summed E-state index contributed by atoms with van der Waals surface area (Å²) in [5.74, 6) is 1.59. The minimum Gasteiger partial charge on any atom is -0.465 e. The first-order valence-electron chi connectivity index (χ1n) is 13.2. The molecule has 7 nitrogen and oxygen atoms in total. The Kier molecular flexibility index (Phi) is 9.23. The molecule has 39 heavy (non-hydrogen) atoms. The van der Waals surface area contributed by atoms with E-state index in [0.717, 1.165) is 0 Å². The topological polar surface area (TPSA) is 84.9 Å². The maximum atomic E-state index is 15.7. The second kappa shape index (κ2) is 12.4. The third kappa shape index (κ3) is 6.10. The van der Waals surface area contributed by atoms with Crippen molar-refractivity contribution < 1.29 is 27.1 Å². The lowest BCUT2D eigenvalue weighted by Gasteiger charge is -2.40. The van der Waals surface area contributed by atoms with E-state index in [1.54, 1.807) is 43.3 Å². The molecule has 0 aliphatic carbocycles. The first kappa shape index (κ1) is 29.0. The molecule has 0 aromatic heterocycles. The molecule has 2 saturated heterocycles. The van der Waals surface area contributed by atoms with E-state index in [9.17, 15) is 13.2 Å². The van der Waals surface area contributed by atoms with Crippen LogP contribution in [0, 0.1) is 18.2 Å². The second-order valence-corrected chi connectivity index (χ2v) is 11.9. The number of sulfonamides is 1. The maximum absolute atomic E-state index is 15.7. The fraction of sp³-hybridized carbons (Fsp3) is 0.433. The number of hydrogen-bond acceptors (Lipinski definition) is 6. The molecule has 0 saturated carbocycles. The van der Waals surface area contributed by atoms with Gasteiger partial charge in [0.2, 0.25) is 10.0 Å². The Bertz CT molecular complexity index is 1320. The van der Waals surface area contributed by atoms with Crippen LogP contribution in [-0.2, 0) is 36.4 Å². The number of rotatable bonds is 9. The summed E-state index contributed by atoms with van der Waals surface area (Å²) in [6.45, 7) is 6.41. The van der Waals surface area contributed by atoms with Crippen LogP contribution in [0.15, 0.2) is 61.2 Å². The van der Waals surface area contributed by atoms with E-state index in [1.807, 2.05) is 6.07 Å². The van der Waals surface area contributed by atoms with Gasteiger partial charge in [-0.25, -0.2) is 12.8 Å². The van der Waals surface area contributed by atoms with Gasteiger partial charge in [-0.3, -0.25) is 10.1 Å². The quantitative estimate of drug-likeness (QED) is 0.284. The maximum Gasteiger partial charge on any atom is 0.327 e. The highest BCUT2D eigenvalue weighted by Gasteiger charge is 2.42. The number of ether oxygens (including phenoxy) is 2. The highest BCUT2D eigenvalue weighted by atomic mass is 32.2. The molecule has 2 heterocycles. The van der Waals surface area contributed by atoms with Gasteiger partial charge in [0.25, 0.3) is 0 Å². The molecule has 0 bridgehead atoms. The van der Waals surface area contributed by atoms with E-state index < -0.39 is 44.7 Å². The highest BCUT2D eigenvalue weighted by Crippen LogP contribution is 2.39. The van der Waals surface area contributed by atoms with Crippen LogP contribution in [0.3, 0.4) is 0 Å². The third-order valence-electron chi connectivity index (χ3n) is 7.59. The van der Waals surface area contributed by atoms with Gasteiger partial charge in [0.1, 0.15) is 17.1 Å². The standard InChI is InChI=1S/C30H35FN2O5S/c1-4-25-14-15-28(22-10-8-7-9-11-22)39(35,36)33(25)21-23-12-13-24(20-26(23)31)30(16-18-37-19-17-30)32-27(5-2)29(34)38-6-3/h1,5,7-13,20,25,27-28,32H,2,6,14-19,21H2,3H3/t25-,27-,28+/m0/s1. The molecule has 1 N–H and O–H groups in total. The first-order valence-corrected chi connectivity index (χ1v) is 14.7. The highest BCUT2D eigenvalue weighted by molar-refractivity contribution is 7.89. The third-order valence-corrected chi connectivity index (χ3v) is 9.85. The van der Waals surface area contributed by atoms with Crippen molar-refractivity contribution in [3.8, 4) is 12.3 Å². The molecule has 2 aliphatic heterocycles. The van der Waals surface area contributed by atoms with E-state index in [4.69, 9.17) is 15.9 Å². The summed E-state index contributed by atoms with van der Waals surface area (Å²) in [5, 5.41) is 2.59. The van der Waals surface area contributed by atoms with E-state index in [0.29, 0.717) is 50.0 Å². The van der Waals surface area contributed by atoms with E-state index in [2.05, 4.69) is 17.8 Å². The molecule has 0 unspecified atom stereocenters. The monoisotopic (exact) mass is 554 g/mol. The average molecular weight is 555 g/mol. The molecule has 2 aliphatic rings. The summed E-state index contributed by atoms with van der Waals surface area (Å²) in [6.07, 6.45) is 9.10. The summed E-state index contributed by atoms with van der Waals surface area (Å²) >= 11 is 0. The molecule has 3 atom stereocenters. The number of hydrogen-bond donors (Lipinski definition) is 1. The van der Waals surface area contributed by atoms with Gasteiger partial charge in [0.15, 0.2) is 0 Å². The Balaban J connectivity index is 1.63. The number of carbonyl (C=O) groups excluding carboxylic acids is 1. The molecule has 0 spiro atoms. The van der Waals surface area contributed by atoms with Crippen LogP contribution in [0.1, 0.15) is 54.5 Å². The number of carbonyl (C=O) groups is 1. The second-order valence-electron chi connectivity index (χ2n) is 9.86. The zero-order valence-electron chi connectivity index (χ0n) is 22.1. The van der Waals surface area contributed by atoms with Crippen LogP contribution in [0.4, 0.5) is 4.39 Å². The number of benzene rings is 2. The lowest BCUT2D eigenvalue weighted by atomic mass is 9.81. The molecule has 208 valence electrons. The fourth-order valence-electron chi connectivity index (χ4n) is 5.44. The lowest BCUT2D eigenvalue weighted by Crippen LogP contribution is -2.53. The van der Waals surface area contributed by atoms with Crippen LogP contribution in [0.5, 0.6) is 0 Å². The van der Waals surface area contributed by atoms with Crippen LogP contribution >= 0.6 is 0 Å². The zero-order chi connectivity index (χ0) is 28.0. The van der Waals surface area contributed by atoms with Gasteiger partial charge in [-0.1, -0.05) is 54.5 Å². The van der Waals surface area contributed by atoms with Crippen LogP contribution < -0.4 is 5.32 Å². The van der Waals surface area contributed by atoms with Crippen LogP contribution in [0.2, 0.25) is 0 Å². The van der Waals surface area contributed by atoms with E-state index in [1.165, 1.54) is 16.4 Å². The van der Waals surface area contributed by atoms with Crippen molar-refractivity contribution in [3.05, 3.63) is 83.7 Å². The summed E-state index contributed by atoms with van der Waals surface area (Å²) < 4.78 is 55.0. The Morgan fingerprint density at radius 3 is 2.62 bits per heavy atom. The van der Waals surface area contributed by atoms with Gasteiger partial charge >= 0.3 is 5.97 Å². The van der Waals surface area contributed by atoms with Gasteiger partial charge in [-0.2, -0.15) is 4.31 Å². The molecule has 4 rings (SSSR count). The Morgan fingerprint density at radius 2 is 2.00 bits per heavy atom. The summed E-state index contributed by atoms with van der Waals surface area (Å²) in [6, 6.07) is 12.4. The first-order chi connectivity index (χ1) is 18.8. The molecular weight excluding hydrogens is 519 g/mol. The number of esters is 1.